The third-order valence-corrected chi connectivity index (χ3v) is 5.89. The standard InChI is InChI=1S/C24H25F3N4O5/c1-33-14-6-8-18(34-2)16(10-14)29-23(32)17-12-22-28-15(11-21(24(25,26)27)31(22)30-17)13-5-7-19(35-3)20(9-13)36-4/h5-10,12,15,21,28H,11H2,1-4H3,(H,29,32)/t15-,21+/m0/s1. The molecule has 3 aromatic rings. The number of hydrogen-bond donors (Lipinski definition) is 2. The summed E-state index contributed by atoms with van der Waals surface area (Å²) in [6, 6.07) is 8.33. The van der Waals surface area contributed by atoms with Crippen LogP contribution in [-0.4, -0.2) is 50.3 Å². The van der Waals surface area contributed by atoms with E-state index >= 15 is 0 Å². The summed E-state index contributed by atoms with van der Waals surface area (Å²) >= 11 is 0. The summed E-state index contributed by atoms with van der Waals surface area (Å²) in [5, 5.41) is 9.68. The number of halogens is 3. The molecule has 192 valence electrons. The predicted octanol–water partition coefficient (Wildman–Crippen LogP) is 4.83. The van der Waals surface area contributed by atoms with Crippen LogP contribution in [0.1, 0.15) is 34.6 Å². The molecule has 0 bridgehead atoms. The molecule has 2 heterocycles. The summed E-state index contributed by atoms with van der Waals surface area (Å²) in [6.07, 6.45) is -4.93. The zero-order chi connectivity index (χ0) is 26.0. The molecule has 0 unspecified atom stereocenters. The first kappa shape index (κ1) is 25.0. The minimum absolute atomic E-state index is 0.0612. The van der Waals surface area contributed by atoms with E-state index in [0.29, 0.717) is 28.6 Å². The Balaban J connectivity index is 1.66. The van der Waals surface area contributed by atoms with Crippen molar-refractivity contribution in [1.29, 1.82) is 0 Å². The Kier molecular flexibility index (Phi) is 6.86. The number of ether oxygens (including phenoxy) is 4. The number of nitrogens with zero attached hydrogens (tertiary/aromatic N) is 2. The quantitative estimate of drug-likeness (QED) is 0.474. The molecule has 1 aliphatic rings. The van der Waals surface area contributed by atoms with E-state index < -0.39 is 24.2 Å². The first-order valence-electron chi connectivity index (χ1n) is 10.9. The molecule has 0 saturated heterocycles. The maximum absolute atomic E-state index is 14.0. The van der Waals surface area contributed by atoms with E-state index in [1.54, 1.807) is 30.3 Å². The number of methoxy groups -OCH3 is 4. The minimum atomic E-state index is -4.60. The lowest BCUT2D eigenvalue weighted by Crippen LogP contribution is -2.35. The van der Waals surface area contributed by atoms with Gasteiger partial charge >= 0.3 is 6.18 Å². The Hall–Kier alpha value is -4.09. The third-order valence-electron chi connectivity index (χ3n) is 5.89. The molecule has 2 aromatic carbocycles. The molecule has 9 nitrogen and oxygen atoms in total. The van der Waals surface area contributed by atoms with E-state index in [0.717, 1.165) is 4.68 Å². The first-order valence-corrected chi connectivity index (χ1v) is 10.9. The number of rotatable bonds is 7. The van der Waals surface area contributed by atoms with Crippen molar-refractivity contribution >= 4 is 17.4 Å². The van der Waals surface area contributed by atoms with Crippen molar-refractivity contribution in [3.8, 4) is 23.0 Å². The number of carbonyl (C=O) groups excluding carboxylic acids is 1. The van der Waals surface area contributed by atoms with Crippen LogP contribution < -0.4 is 29.6 Å². The van der Waals surface area contributed by atoms with E-state index in [4.69, 9.17) is 18.9 Å². The van der Waals surface area contributed by atoms with Crippen molar-refractivity contribution in [1.82, 2.24) is 9.78 Å². The molecular formula is C24H25F3N4O5. The van der Waals surface area contributed by atoms with Crippen LogP contribution in [0.15, 0.2) is 42.5 Å². The van der Waals surface area contributed by atoms with Crippen LogP contribution in [0.5, 0.6) is 23.0 Å². The van der Waals surface area contributed by atoms with Crippen LogP contribution >= 0.6 is 0 Å². The zero-order valence-electron chi connectivity index (χ0n) is 20.0. The Morgan fingerprint density at radius 2 is 1.67 bits per heavy atom. The SMILES string of the molecule is COc1ccc(OC)c(NC(=O)c2cc3n(n2)[C@@H](C(F)(F)F)C[C@@H](c2ccc(OC)c(OC)c2)N3)c1. The molecule has 0 saturated carbocycles. The van der Waals surface area contributed by atoms with Crippen molar-refractivity contribution in [2.24, 2.45) is 0 Å². The van der Waals surface area contributed by atoms with Crippen LogP contribution in [0, 0.1) is 0 Å². The van der Waals surface area contributed by atoms with Gasteiger partial charge in [0.05, 0.1) is 40.2 Å². The number of alkyl halides is 3. The van der Waals surface area contributed by atoms with Gasteiger partial charge in [0.25, 0.3) is 5.91 Å². The van der Waals surface area contributed by atoms with Crippen molar-refractivity contribution in [3.63, 3.8) is 0 Å². The second-order valence-corrected chi connectivity index (χ2v) is 7.98. The monoisotopic (exact) mass is 506 g/mol. The van der Waals surface area contributed by atoms with Crippen LogP contribution in [0.4, 0.5) is 24.7 Å². The number of anilines is 2. The summed E-state index contributed by atoms with van der Waals surface area (Å²) in [5.74, 6) is 1.04. The highest BCUT2D eigenvalue weighted by molar-refractivity contribution is 6.04. The molecule has 36 heavy (non-hydrogen) atoms. The molecule has 1 aromatic heterocycles. The normalized spacial score (nSPS) is 17.0. The molecule has 0 aliphatic carbocycles. The van der Waals surface area contributed by atoms with E-state index in [9.17, 15) is 18.0 Å². The highest BCUT2D eigenvalue weighted by atomic mass is 19.4. The number of benzene rings is 2. The fraction of sp³-hybridized carbons (Fsp3) is 0.333. The lowest BCUT2D eigenvalue weighted by atomic mass is 9.96. The van der Waals surface area contributed by atoms with Gasteiger partial charge in [-0.1, -0.05) is 6.07 Å². The lowest BCUT2D eigenvalue weighted by Gasteiger charge is -2.33. The number of nitrogens with one attached hydrogen (secondary N) is 2. The largest absolute Gasteiger partial charge is 0.497 e. The van der Waals surface area contributed by atoms with Gasteiger partial charge in [-0.25, -0.2) is 4.68 Å². The van der Waals surface area contributed by atoms with Crippen LogP contribution in [0.2, 0.25) is 0 Å². The van der Waals surface area contributed by atoms with E-state index in [2.05, 4.69) is 15.7 Å². The van der Waals surface area contributed by atoms with Crippen molar-refractivity contribution in [2.75, 3.05) is 39.1 Å². The fourth-order valence-corrected chi connectivity index (χ4v) is 4.07. The van der Waals surface area contributed by atoms with Gasteiger partial charge in [-0.2, -0.15) is 18.3 Å². The zero-order valence-corrected chi connectivity index (χ0v) is 20.0. The highest BCUT2D eigenvalue weighted by Crippen LogP contribution is 2.44. The highest BCUT2D eigenvalue weighted by Gasteiger charge is 2.47. The molecule has 4 rings (SSSR count). The molecule has 1 amide bonds. The third kappa shape index (κ3) is 4.83. The predicted molar refractivity (Wildman–Crippen MR) is 125 cm³/mol. The summed E-state index contributed by atoms with van der Waals surface area (Å²) < 4.78 is 63.9. The molecular weight excluding hydrogens is 481 g/mol. The summed E-state index contributed by atoms with van der Waals surface area (Å²) in [4.78, 5) is 12.9. The molecule has 12 heteroatoms. The average molecular weight is 506 g/mol. The van der Waals surface area contributed by atoms with Gasteiger partial charge in [-0.15, -0.1) is 0 Å². The Morgan fingerprint density at radius 1 is 0.972 bits per heavy atom. The lowest BCUT2D eigenvalue weighted by molar-refractivity contribution is -0.173. The van der Waals surface area contributed by atoms with Gasteiger partial charge in [0.2, 0.25) is 0 Å². The van der Waals surface area contributed by atoms with Crippen LogP contribution in [0.3, 0.4) is 0 Å². The topological polar surface area (TPSA) is 95.9 Å². The van der Waals surface area contributed by atoms with Gasteiger partial charge < -0.3 is 29.6 Å². The molecule has 0 spiro atoms. The van der Waals surface area contributed by atoms with E-state index in [1.807, 2.05) is 0 Å². The number of aromatic nitrogens is 2. The molecule has 0 radical (unpaired) electrons. The molecule has 2 atom stereocenters. The number of carbonyl (C=O) groups is 1. The van der Waals surface area contributed by atoms with E-state index in [1.165, 1.54) is 40.6 Å². The molecule has 0 fully saturated rings. The Bertz CT molecular complexity index is 1260. The summed E-state index contributed by atoms with van der Waals surface area (Å²) in [7, 11) is 5.82. The molecule has 1 aliphatic heterocycles. The summed E-state index contributed by atoms with van der Waals surface area (Å²) in [6.45, 7) is 0. The summed E-state index contributed by atoms with van der Waals surface area (Å²) in [5.41, 5.74) is 0.669. The van der Waals surface area contributed by atoms with Gasteiger partial charge in [-0.05, 0) is 29.8 Å². The molecule has 2 N–H and O–H groups in total. The average Bonchev–Trinajstić information content (AvgIpc) is 3.31. The first-order chi connectivity index (χ1) is 17.2. The van der Waals surface area contributed by atoms with Gasteiger partial charge in [0.1, 0.15) is 17.3 Å². The second-order valence-electron chi connectivity index (χ2n) is 7.98. The number of amides is 1. The van der Waals surface area contributed by atoms with Crippen molar-refractivity contribution in [2.45, 2.75) is 24.7 Å². The van der Waals surface area contributed by atoms with Crippen molar-refractivity contribution < 1.29 is 36.9 Å². The number of fused-ring (bicyclic) bond motifs is 1. The maximum atomic E-state index is 14.0. The van der Waals surface area contributed by atoms with E-state index in [-0.39, 0.29) is 23.6 Å². The second kappa shape index (κ2) is 9.88. The van der Waals surface area contributed by atoms with Crippen LogP contribution in [-0.2, 0) is 0 Å². The maximum Gasteiger partial charge on any atom is 0.410 e. The smallest absolute Gasteiger partial charge is 0.410 e. The minimum Gasteiger partial charge on any atom is -0.497 e. The Labute approximate surface area is 205 Å². The van der Waals surface area contributed by atoms with Gasteiger partial charge in [0.15, 0.2) is 23.2 Å². The van der Waals surface area contributed by atoms with Gasteiger partial charge in [0, 0.05) is 18.6 Å². The van der Waals surface area contributed by atoms with Crippen molar-refractivity contribution in [3.05, 3.63) is 53.7 Å². The van der Waals surface area contributed by atoms with Gasteiger partial charge in [-0.3, -0.25) is 4.79 Å². The fourth-order valence-electron chi connectivity index (χ4n) is 4.07. The Morgan fingerprint density at radius 3 is 2.31 bits per heavy atom. The van der Waals surface area contributed by atoms with Crippen LogP contribution in [0.25, 0.3) is 0 Å². The number of hydrogen-bond acceptors (Lipinski definition) is 7.